The Kier molecular flexibility index (Phi) is 5.16. The van der Waals surface area contributed by atoms with Crippen molar-refractivity contribution in [3.8, 4) is 0 Å². The number of carbonyl (C=O) groups excluding carboxylic acids is 1. The van der Waals surface area contributed by atoms with Crippen molar-refractivity contribution in [3.05, 3.63) is 39.9 Å². The molecule has 0 aromatic heterocycles. The van der Waals surface area contributed by atoms with Gasteiger partial charge in [0.25, 0.3) is 0 Å². The third kappa shape index (κ3) is 3.96. The summed E-state index contributed by atoms with van der Waals surface area (Å²) < 4.78 is 30.4. The highest BCUT2D eigenvalue weighted by Gasteiger charge is 2.35. The van der Waals surface area contributed by atoms with Crippen molar-refractivity contribution >= 4 is 15.9 Å². The van der Waals surface area contributed by atoms with Crippen LogP contribution in [0.4, 0.5) is 0 Å². The molecule has 1 aromatic carbocycles. The Morgan fingerprint density at radius 1 is 1.39 bits per heavy atom. The van der Waals surface area contributed by atoms with Crippen molar-refractivity contribution in [2.45, 2.75) is 17.7 Å². The van der Waals surface area contributed by atoms with Gasteiger partial charge in [0.15, 0.2) is 5.03 Å². The minimum atomic E-state index is -4.37. The van der Waals surface area contributed by atoms with Crippen molar-refractivity contribution in [2.75, 3.05) is 19.8 Å². The number of benzene rings is 1. The zero-order chi connectivity index (χ0) is 17.0. The highest BCUT2D eigenvalue weighted by molar-refractivity contribution is 7.89. The Morgan fingerprint density at radius 2 is 2.04 bits per heavy atom. The van der Waals surface area contributed by atoms with E-state index in [-0.39, 0.29) is 27.3 Å². The lowest BCUT2D eigenvalue weighted by Crippen LogP contribution is -2.41. The molecule has 2 N–H and O–H groups in total. The molecule has 0 aliphatic carbocycles. The van der Waals surface area contributed by atoms with Crippen LogP contribution >= 0.6 is 0 Å². The molecule has 0 radical (unpaired) electrons. The first-order valence-corrected chi connectivity index (χ1v) is 8.41. The first-order valence-electron chi connectivity index (χ1n) is 6.97. The van der Waals surface area contributed by atoms with Crippen LogP contribution < -0.4 is 5.73 Å². The minimum Gasteiger partial charge on any atom is -0.381 e. The van der Waals surface area contributed by atoms with Gasteiger partial charge in [-0.2, -0.15) is 8.42 Å². The minimum absolute atomic E-state index is 0.0274. The Labute approximate surface area is 133 Å². The van der Waals surface area contributed by atoms with E-state index in [9.17, 15) is 23.3 Å². The maximum atomic E-state index is 12.5. The summed E-state index contributed by atoms with van der Waals surface area (Å²) in [6.07, 6.45) is 1.11. The molecule has 0 saturated carbocycles. The van der Waals surface area contributed by atoms with Crippen molar-refractivity contribution < 1.29 is 23.0 Å². The third-order valence-electron chi connectivity index (χ3n) is 3.63. The van der Waals surface area contributed by atoms with Gasteiger partial charge in [-0.3, -0.25) is 4.79 Å². The van der Waals surface area contributed by atoms with Crippen LogP contribution in [0.1, 0.15) is 23.2 Å². The van der Waals surface area contributed by atoms with Gasteiger partial charge in [-0.25, -0.2) is 10.1 Å². The smallest absolute Gasteiger partial charge is 0.313 e. The quantitative estimate of drug-likeness (QED) is 0.587. The Bertz CT molecular complexity index is 699. The Balaban J connectivity index is 2.31. The van der Waals surface area contributed by atoms with E-state index < -0.39 is 21.0 Å². The lowest BCUT2D eigenvalue weighted by Gasteiger charge is -2.24. The molecule has 1 saturated heterocycles. The summed E-state index contributed by atoms with van der Waals surface area (Å²) in [6.45, 7) is 0.667. The van der Waals surface area contributed by atoms with Crippen molar-refractivity contribution in [1.82, 2.24) is 4.41 Å². The van der Waals surface area contributed by atoms with Crippen molar-refractivity contribution in [1.29, 1.82) is 0 Å². The number of nitro groups is 1. The number of hydrazine groups is 1. The van der Waals surface area contributed by atoms with Gasteiger partial charge in [0, 0.05) is 18.8 Å². The Morgan fingerprint density at radius 3 is 2.61 bits per heavy atom. The average molecular weight is 343 g/mol. The second kappa shape index (κ2) is 6.92. The van der Waals surface area contributed by atoms with Gasteiger partial charge in [-0.15, -0.1) is 0 Å². The third-order valence-corrected chi connectivity index (χ3v) is 5.32. The molecule has 0 atom stereocenters. The lowest BCUT2D eigenvalue weighted by atomic mass is 10.0. The van der Waals surface area contributed by atoms with E-state index in [2.05, 4.69) is 0 Å². The van der Waals surface area contributed by atoms with Crippen molar-refractivity contribution in [3.63, 3.8) is 0 Å². The monoisotopic (exact) mass is 343 g/mol. The summed E-state index contributed by atoms with van der Waals surface area (Å²) >= 11 is 0. The van der Waals surface area contributed by atoms with Gasteiger partial charge < -0.3 is 10.5 Å². The number of ether oxygens (including phenoxy) is 1. The molecule has 1 aliphatic rings. The van der Waals surface area contributed by atoms with E-state index in [1.165, 1.54) is 18.2 Å². The fraction of sp³-hybridized carbons (Fsp3) is 0.462. The van der Waals surface area contributed by atoms with Crippen LogP contribution in [-0.4, -0.2) is 43.5 Å². The van der Waals surface area contributed by atoms with Crippen LogP contribution in [-0.2, 0) is 14.8 Å². The number of nitrogens with two attached hydrogens (primary N) is 1. The molecule has 1 fully saturated rings. The van der Waals surface area contributed by atoms with Gasteiger partial charge in [-0.1, -0.05) is 6.07 Å². The second-order valence-corrected chi connectivity index (χ2v) is 7.04. The van der Waals surface area contributed by atoms with E-state index in [0.717, 1.165) is 6.07 Å². The topological polar surface area (TPSA) is 133 Å². The van der Waals surface area contributed by atoms with Crippen LogP contribution in [0.25, 0.3) is 0 Å². The van der Waals surface area contributed by atoms with Crippen LogP contribution in [0.2, 0.25) is 0 Å². The van der Waals surface area contributed by atoms with Gasteiger partial charge in [0.05, 0.1) is 4.90 Å². The predicted molar refractivity (Wildman–Crippen MR) is 79.4 cm³/mol. The van der Waals surface area contributed by atoms with E-state index in [1.54, 1.807) is 0 Å². The molecule has 10 heteroatoms. The molecule has 126 valence electrons. The summed E-state index contributed by atoms with van der Waals surface area (Å²) in [5, 5.41) is 10.3. The predicted octanol–water partition coefficient (Wildman–Crippen LogP) is 0.395. The second-order valence-electron chi connectivity index (χ2n) is 5.20. The number of nitrogens with zero attached hydrogens (tertiary/aromatic N) is 2. The van der Waals surface area contributed by atoms with Crippen LogP contribution in [0, 0.1) is 16.0 Å². The number of hydrogen-bond donors (Lipinski definition) is 1. The zero-order valence-electron chi connectivity index (χ0n) is 12.3. The van der Waals surface area contributed by atoms with Crippen LogP contribution in [0.15, 0.2) is 29.2 Å². The SMILES string of the molecule is NC(=O)c1cccc(S(=O)(=O)N(CC2CCOCC2)[N+](=O)[O-])c1. The molecule has 1 aromatic rings. The molecule has 1 heterocycles. The maximum absolute atomic E-state index is 12.5. The molecule has 1 amide bonds. The highest BCUT2D eigenvalue weighted by Crippen LogP contribution is 2.22. The van der Waals surface area contributed by atoms with E-state index >= 15 is 0 Å². The van der Waals surface area contributed by atoms with Gasteiger partial charge in [-0.05, 0) is 41.4 Å². The number of rotatable bonds is 6. The number of carbonyl (C=O) groups is 1. The first kappa shape index (κ1) is 17.2. The molecule has 0 bridgehead atoms. The van der Waals surface area contributed by atoms with Crippen LogP contribution in [0.3, 0.4) is 0 Å². The lowest BCUT2D eigenvalue weighted by molar-refractivity contribution is -0.621. The fourth-order valence-corrected chi connectivity index (χ4v) is 3.69. The Hall–Kier alpha value is -2.20. The van der Waals surface area contributed by atoms with Gasteiger partial charge in [0.1, 0.15) is 6.54 Å². The zero-order valence-corrected chi connectivity index (χ0v) is 13.1. The van der Waals surface area contributed by atoms with Crippen molar-refractivity contribution in [2.24, 2.45) is 11.7 Å². The number of primary amides is 1. The molecule has 0 unspecified atom stereocenters. The van der Waals surface area contributed by atoms with Gasteiger partial charge >= 0.3 is 10.0 Å². The summed E-state index contributed by atoms with van der Waals surface area (Å²) in [4.78, 5) is 22.1. The highest BCUT2D eigenvalue weighted by atomic mass is 32.2. The van der Waals surface area contributed by atoms with E-state index in [4.69, 9.17) is 10.5 Å². The molecule has 23 heavy (non-hydrogen) atoms. The standard InChI is InChI=1S/C13H17N3O6S/c14-13(17)11-2-1-3-12(8-11)23(20,21)15(16(18)19)9-10-4-6-22-7-5-10/h1-3,8,10H,4-7,9H2,(H2,14,17). The largest absolute Gasteiger partial charge is 0.381 e. The summed E-state index contributed by atoms with van der Waals surface area (Å²) in [5.41, 5.74) is 5.09. The summed E-state index contributed by atoms with van der Waals surface area (Å²) in [5.74, 6) is -0.956. The van der Waals surface area contributed by atoms with Crippen LogP contribution in [0.5, 0.6) is 0 Å². The maximum Gasteiger partial charge on any atom is 0.313 e. The number of hydrogen-bond acceptors (Lipinski definition) is 6. The molecule has 9 nitrogen and oxygen atoms in total. The molecule has 2 rings (SSSR count). The molecule has 1 aliphatic heterocycles. The number of sulfonamides is 1. The average Bonchev–Trinajstić information content (AvgIpc) is 2.53. The van der Waals surface area contributed by atoms with E-state index in [1.807, 2.05) is 0 Å². The molecule has 0 spiro atoms. The van der Waals surface area contributed by atoms with E-state index in [0.29, 0.717) is 26.1 Å². The summed E-state index contributed by atoms with van der Waals surface area (Å²) in [6, 6.07) is 4.90. The van der Waals surface area contributed by atoms with Gasteiger partial charge in [0.2, 0.25) is 5.91 Å². The first-order chi connectivity index (χ1) is 10.8. The number of amides is 1. The summed E-state index contributed by atoms with van der Waals surface area (Å²) in [7, 11) is -4.37. The normalized spacial score (nSPS) is 16.0. The fourth-order valence-electron chi connectivity index (χ4n) is 2.33. The molecular weight excluding hydrogens is 326 g/mol. The molecular formula is C13H17N3O6S.